The predicted molar refractivity (Wildman–Crippen MR) is 59.8 cm³/mol. The molecule has 2 heterocycles. The maximum atomic E-state index is 12.5. The van der Waals surface area contributed by atoms with Gasteiger partial charge in [0.2, 0.25) is 0 Å². The van der Waals surface area contributed by atoms with Gasteiger partial charge >= 0.3 is 6.18 Å². The number of rotatable bonds is 1. The zero-order valence-electron chi connectivity index (χ0n) is 9.30. The van der Waals surface area contributed by atoms with E-state index in [9.17, 15) is 13.2 Å². The topological polar surface area (TPSA) is 16.1 Å². The molecule has 0 spiro atoms. The van der Waals surface area contributed by atoms with Gasteiger partial charge in [-0.05, 0) is 25.0 Å². The highest BCUT2D eigenvalue weighted by Crippen LogP contribution is 2.29. The number of hydrogen-bond donors (Lipinski definition) is 0. The van der Waals surface area contributed by atoms with Crippen molar-refractivity contribution in [1.29, 1.82) is 0 Å². The van der Waals surface area contributed by atoms with Gasteiger partial charge in [0.25, 0.3) is 0 Å². The molecule has 0 radical (unpaired) electrons. The maximum absolute atomic E-state index is 12.5. The monoisotopic (exact) mass is 242 g/mol. The zero-order chi connectivity index (χ0) is 12.5. The van der Waals surface area contributed by atoms with E-state index in [2.05, 4.69) is 11.6 Å². The fourth-order valence-electron chi connectivity index (χ4n) is 1.81. The number of anilines is 1. The second-order valence-electron chi connectivity index (χ2n) is 4.12. The van der Waals surface area contributed by atoms with E-state index in [-0.39, 0.29) is 0 Å². The van der Waals surface area contributed by atoms with E-state index in [0.29, 0.717) is 18.9 Å². The van der Waals surface area contributed by atoms with Gasteiger partial charge < -0.3 is 4.90 Å². The highest BCUT2D eigenvalue weighted by atomic mass is 19.4. The molecule has 1 aromatic heterocycles. The molecule has 2 rings (SSSR count). The van der Waals surface area contributed by atoms with Crippen molar-refractivity contribution in [3.8, 4) is 0 Å². The Morgan fingerprint density at radius 1 is 1.18 bits per heavy atom. The lowest BCUT2D eigenvalue weighted by Crippen LogP contribution is -2.31. The van der Waals surface area contributed by atoms with Crippen LogP contribution in [0.5, 0.6) is 0 Å². The first-order chi connectivity index (χ1) is 7.97. The summed E-state index contributed by atoms with van der Waals surface area (Å²) in [4.78, 5) is 5.53. The normalized spacial score (nSPS) is 17.4. The van der Waals surface area contributed by atoms with Crippen LogP contribution in [0.1, 0.15) is 18.5 Å². The van der Waals surface area contributed by atoms with E-state index < -0.39 is 11.9 Å². The lowest BCUT2D eigenvalue weighted by Gasteiger charge is -2.29. The van der Waals surface area contributed by atoms with E-state index in [1.807, 2.05) is 4.90 Å². The molecule has 5 heteroatoms. The Bertz CT molecular complexity index is 416. The third-order valence-corrected chi connectivity index (χ3v) is 2.82. The summed E-state index contributed by atoms with van der Waals surface area (Å²) in [5.74, 6) is 0.396. The smallest absolute Gasteiger partial charge is 0.356 e. The van der Waals surface area contributed by atoms with Crippen LogP contribution < -0.4 is 4.90 Å². The Morgan fingerprint density at radius 3 is 2.41 bits per heavy atom. The largest absolute Gasteiger partial charge is 0.433 e. The third-order valence-electron chi connectivity index (χ3n) is 2.82. The summed E-state index contributed by atoms with van der Waals surface area (Å²) in [6, 6.07) is 4.00. The van der Waals surface area contributed by atoms with Crippen LogP contribution in [0.15, 0.2) is 30.4 Å². The van der Waals surface area contributed by atoms with Gasteiger partial charge in [-0.2, -0.15) is 13.2 Å². The van der Waals surface area contributed by atoms with Crippen LogP contribution in [0.3, 0.4) is 0 Å². The molecule has 0 aromatic carbocycles. The number of alkyl halides is 3. The molecule has 1 fully saturated rings. The van der Waals surface area contributed by atoms with Crippen LogP contribution in [-0.4, -0.2) is 18.1 Å². The van der Waals surface area contributed by atoms with Crippen LogP contribution >= 0.6 is 0 Å². The van der Waals surface area contributed by atoms with Crippen LogP contribution in [0.2, 0.25) is 0 Å². The van der Waals surface area contributed by atoms with Crippen molar-refractivity contribution in [2.75, 3.05) is 18.0 Å². The first-order valence-corrected chi connectivity index (χ1v) is 5.42. The molecular formula is C12H13F3N2. The van der Waals surface area contributed by atoms with Crippen LogP contribution in [0.25, 0.3) is 0 Å². The summed E-state index contributed by atoms with van der Waals surface area (Å²) in [7, 11) is 0. The minimum atomic E-state index is -4.38. The van der Waals surface area contributed by atoms with Gasteiger partial charge in [0.15, 0.2) is 0 Å². The van der Waals surface area contributed by atoms with Gasteiger partial charge in [0.1, 0.15) is 11.5 Å². The molecule has 2 nitrogen and oxygen atoms in total. The minimum absolute atomic E-state index is 0.396. The number of nitrogens with zero attached hydrogens (tertiary/aromatic N) is 2. The number of hydrogen-bond acceptors (Lipinski definition) is 2. The number of halogens is 3. The Hall–Kier alpha value is -1.52. The molecule has 0 bridgehead atoms. The molecule has 0 aliphatic carbocycles. The first-order valence-electron chi connectivity index (χ1n) is 5.42. The molecule has 0 saturated carbocycles. The van der Waals surface area contributed by atoms with Gasteiger partial charge in [-0.1, -0.05) is 18.2 Å². The highest BCUT2D eigenvalue weighted by Gasteiger charge is 2.32. The fraction of sp³-hybridized carbons (Fsp3) is 0.417. The van der Waals surface area contributed by atoms with Gasteiger partial charge in [0.05, 0.1) is 0 Å². The number of aromatic nitrogens is 1. The average molecular weight is 242 g/mol. The first kappa shape index (κ1) is 12.0. The van der Waals surface area contributed by atoms with Gasteiger partial charge in [-0.15, -0.1) is 0 Å². The average Bonchev–Trinajstić information content (AvgIpc) is 2.29. The summed E-state index contributed by atoms with van der Waals surface area (Å²) in [5.41, 5.74) is 0.313. The molecule has 1 aromatic rings. The van der Waals surface area contributed by atoms with Crippen LogP contribution in [0.4, 0.5) is 19.0 Å². The Kier molecular flexibility index (Phi) is 3.09. The highest BCUT2D eigenvalue weighted by molar-refractivity contribution is 5.41. The molecule has 1 aliphatic rings. The van der Waals surface area contributed by atoms with E-state index in [1.165, 1.54) is 6.07 Å². The quantitative estimate of drug-likeness (QED) is 0.703. The summed E-state index contributed by atoms with van der Waals surface area (Å²) in [6.45, 7) is 5.25. The van der Waals surface area contributed by atoms with E-state index in [4.69, 9.17) is 0 Å². The van der Waals surface area contributed by atoms with Gasteiger partial charge in [-0.3, -0.25) is 0 Å². The molecule has 0 unspecified atom stereocenters. The van der Waals surface area contributed by atoms with Crippen molar-refractivity contribution in [3.63, 3.8) is 0 Å². The third kappa shape index (κ3) is 2.78. The Balaban J connectivity index is 2.19. The van der Waals surface area contributed by atoms with E-state index >= 15 is 0 Å². The second-order valence-corrected chi connectivity index (χ2v) is 4.12. The van der Waals surface area contributed by atoms with E-state index in [0.717, 1.165) is 24.5 Å². The zero-order valence-corrected chi connectivity index (χ0v) is 9.30. The second kappa shape index (κ2) is 4.39. The Morgan fingerprint density at radius 2 is 1.82 bits per heavy atom. The van der Waals surface area contributed by atoms with Crippen molar-refractivity contribution < 1.29 is 13.2 Å². The van der Waals surface area contributed by atoms with Crippen molar-refractivity contribution in [2.24, 2.45) is 0 Å². The molecule has 0 atom stereocenters. The standard InChI is InChI=1S/C12H13F3N2/c1-9-5-7-17(8-6-9)11-4-2-3-10(16-11)12(13,14)15/h2-4H,1,5-8H2. The molecule has 1 saturated heterocycles. The van der Waals surface area contributed by atoms with Gasteiger partial charge in [0, 0.05) is 13.1 Å². The van der Waals surface area contributed by atoms with Crippen molar-refractivity contribution >= 4 is 5.82 Å². The lowest BCUT2D eigenvalue weighted by atomic mass is 10.1. The molecule has 17 heavy (non-hydrogen) atoms. The Labute approximate surface area is 97.8 Å². The fourth-order valence-corrected chi connectivity index (χ4v) is 1.81. The van der Waals surface area contributed by atoms with Crippen molar-refractivity contribution in [1.82, 2.24) is 4.98 Å². The lowest BCUT2D eigenvalue weighted by molar-refractivity contribution is -0.141. The summed E-state index contributed by atoms with van der Waals surface area (Å²) in [5, 5.41) is 0. The summed E-state index contributed by atoms with van der Waals surface area (Å²) in [6.07, 6.45) is -2.74. The van der Waals surface area contributed by atoms with Crippen molar-refractivity contribution in [3.05, 3.63) is 36.0 Å². The van der Waals surface area contributed by atoms with Crippen molar-refractivity contribution in [2.45, 2.75) is 19.0 Å². The molecule has 0 N–H and O–H groups in total. The summed E-state index contributed by atoms with van der Waals surface area (Å²) >= 11 is 0. The maximum Gasteiger partial charge on any atom is 0.433 e. The molecular weight excluding hydrogens is 229 g/mol. The molecule has 0 amide bonds. The SMILES string of the molecule is C=C1CCN(c2cccc(C(F)(F)F)n2)CC1. The number of pyridine rings is 1. The number of piperidine rings is 1. The van der Waals surface area contributed by atoms with Crippen LogP contribution in [0, 0.1) is 0 Å². The molecule has 1 aliphatic heterocycles. The van der Waals surface area contributed by atoms with Gasteiger partial charge in [-0.25, -0.2) is 4.98 Å². The minimum Gasteiger partial charge on any atom is -0.356 e. The van der Waals surface area contributed by atoms with E-state index in [1.54, 1.807) is 6.07 Å². The predicted octanol–water partition coefficient (Wildman–Crippen LogP) is 3.26. The van der Waals surface area contributed by atoms with Crippen LogP contribution in [-0.2, 0) is 6.18 Å². The summed E-state index contributed by atoms with van der Waals surface area (Å²) < 4.78 is 37.5. The molecule has 92 valence electrons.